The average molecular weight is 353 g/mol. The number of benzene rings is 1. The minimum absolute atomic E-state index is 0.225. The molecule has 138 valence electrons. The third-order valence-electron chi connectivity index (χ3n) is 4.83. The predicted octanol–water partition coefficient (Wildman–Crippen LogP) is 3.90. The van der Waals surface area contributed by atoms with Gasteiger partial charge in [0.15, 0.2) is 0 Å². The maximum atomic E-state index is 12.4. The van der Waals surface area contributed by atoms with Crippen LogP contribution in [0, 0.1) is 17.2 Å². The summed E-state index contributed by atoms with van der Waals surface area (Å²) in [7, 11) is 0. The molecule has 1 fully saturated rings. The van der Waals surface area contributed by atoms with Crippen molar-refractivity contribution in [3.05, 3.63) is 47.2 Å². The number of ether oxygens (including phenoxy) is 1. The number of hydrogen-bond acceptors (Lipinski definition) is 4. The second kappa shape index (κ2) is 7.41. The number of carbonyl (C=O) groups is 1. The van der Waals surface area contributed by atoms with Crippen molar-refractivity contribution >= 4 is 6.09 Å². The maximum absolute atomic E-state index is 12.4. The summed E-state index contributed by atoms with van der Waals surface area (Å²) in [4.78, 5) is 16.6. The van der Waals surface area contributed by atoms with Crippen molar-refractivity contribution in [3.63, 3.8) is 0 Å². The van der Waals surface area contributed by atoms with E-state index in [1.54, 1.807) is 0 Å². The monoisotopic (exact) mass is 353 g/mol. The molecule has 5 heteroatoms. The summed E-state index contributed by atoms with van der Waals surface area (Å²) in [5, 5.41) is 8.93. The van der Waals surface area contributed by atoms with Crippen molar-refractivity contribution < 1.29 is 9.53 Å². The van der Waals surface area contributed by atoms with Crippen LogP contribution in [0.2, 0.25) is 0 Å². The van der Waals surface area contributed by atoms with Gasteiger partial charge in [0.1, 0.15) is 5.60 Å². The van der Waals surface area contributed by atoms with E-state index in [0.717, 1.165) is 32.5 Å². The van der Waals surface area contributed by atoms with Crippen LogP contribution in [0.25, 0.3) is 0 Å². The van der Waals surface area contributed by atoms with Crippen molar-refractivity contribution in [1.29, 1.82) is 5.26 Å². The molecule has 3 rings (SSSR count). The van der Waals surface area contributed by atoms with Crippen LogP contribution in [0.5, 0.6) is 0 Å². The molecular weight excluding hydrogens is 326 g/mol. The van der Waals surface area contributed by atoms with E-state index in [1.165, 1.54) is 11.3 Å². The zero-order valence-electron chi connectivity index (χ0n) is 15.9. The Hall–Kier alpha value is -2.48. The van der Waals surface area contributed by atoms with Crippen LogP contribution < -0.4 is 0 Å². The summed E-state index contributed by atoms with van der Waals surface area (Å²) < 4.78 is 5.52. The van der Waals surface area contributed by atoms with Gasteiger partial charge in [0, 0.05) is 37.8 Å². The smallest absolute Gasteiger partial charge is 0.410 e. The first kappa shape index (κ1) is 18.3. The van der Waals surface area contributed by atoms with Crippen LogP contribution in [0.3, 0.4) is 0 Å². The van der Waals surface area contributed by atoms with Crippen molar-refractivity contribution in [2.24, 2.45) is 5.92 Å². The number of likely N-dealkylation sites (tertiary alicyclic amines) is 1. The van der Waals surface area contributed by atoms with Crippen LogP contribution in [-0.2, 0) is 11.3 Å². The summed E-state index contributed by atoms with van der Waals surface area (Å²) >= 11 is 0. The lowest BCUT2D eigenvalue weighted by atomic mass is 9.90. The molecule has 0 aromatic heterocycles. The summed E-state index contributed by atoms with van der Waals surface area (Å²) in [6, 6.07) is 9.96. The average Bonchev–Trinajstić information content (AvgIpc) is 2.61. The highest BCUT2D eigenvalue weighted by Gasteiger charge is 2.33. The maximum Gasteiger partial charge on any atom is 0.410 e. The zero-order valence-corrected chi connectivity index (χ0v) is 15.9. The molecule has 1 saturated heterocycles. The van der Waals surface area contributed by atoms with Gasteiger partial charge in [-0.15, -0.1) is 0 Å². The second-order valence-electron chi connectivity index (χ2n) is 8.08. The largest absolute Gasteiger partial charge is 0.444 e. The minimum Gasteiger partial charge on any atom is -0.444 e. The van der Waals surface area contributed by atoms with Gasteiger partial charge in [-0.1, -0.05) is 12.1 Å². The first-order valence-electron chi connectivity index (χ1n) is 9.28. The van der Waals surface area contributed by atoms with E-state index in [-0.39, 0.29) is 6.09 Å². The highest BCUT2D eigenvalue weighted by molar-refractivity contribution is 5.68. The van der Waals surface area contributed by atoms with Gasteiger partial charge in [-0.3, -0.25) is 0 Å². The molecule has 0 aliphatic carbocycles. The number of nitrogens with zero attached hydrogens (tertiary/aromatic N) is 3. The van der Waals surface area contributed by atoms with Gasteiger partial charge in [-0.05, 0) is 57.4 Å². The van der Waals surface area contributed by atoms with Gasteiger partial charge in [0.2, 0.25) is 0 Å². The normalized spacial score (nSPS) is 20.1. The van der Waals surface area contributed by atoms with Crippen molar-refractivity contribution in [2.75, 3.05) is 19.6 Å². The summed E-state index contributed by atoms with van der Waals surface area (Å²) in [6.45, 7) is 8.91. The fraction of sp³-hybridized carbons (Fsp3) is 0.524. The number of nitriles is 1. The Balaban J connectivity index is 1.68. The molecule has 0 spiro atoms. The topological polar surface area (TPSA) is 56.6 Å². The third-order valence-corrected chi connectivity index (χ3v) is 4.83. The van der Waals surface area contributed by atoms with Crippen molar-refractivity contribution in [1.82, 2.24) is 9.80 Å². The molecule has 0 N–H and O–H groups in total. The molecule has 1 atom stereocenters. The Kier molecular flexibility index (Phi) is 5.22. The van der Waals surface area contributed by atoms with E-state index in [0.29, 0.717) is 18.0 Å². The Bertz CT molecular complexity index is 725. The molecule has 0 radical (unpaired) electrons. The van der Waals surface area contributed by atoms with Gasteiger partial charge in [-0.2, -0.15) is 5.26 Å². The van der Waals surface area contributed by atoms with E-state index in [2.05, 4.69) is 17.0 Å². The van der Waals surface area contributed by atoms with Crippen LogP contribution >= 0.6 is 0 Å². The number of fused-ring (bicyclic) bond motifs is 1. The summed E-state index contributed by atoms with van der Waals surface area (Å²) in [5.74, 6) is 0.378. The fourth-order valence-electron chi connectivity index (χ4n) is 3.64. The SMILES string of the molecule is CC(C)(C)OC(=O)N1CC=C2C(CCCN2Cc2ccc(C#N)cc2)C1. The Morgan fingerprint density at radius 1 is 1.31 bits per heavy atom. The van der Waals surface area contributed by atoms with E-state index in [9.17, 15) is 4.79 Å². The Morgan fingerprint density at radius 3 is 2.69 bits per heavy atom. The fourth-order valence-corrected chi connectivity index (χ4v) is 3.64. The predicted molar refractivity (Wildman–Crippen MR) is 100 cm³/mol. The molecule has 2 aliphatic heterocycles. The van der Waals surface area contributed by atoms with Crippen molar-refractivity contribution in [3.8, 4) is 6.07 Å². The molecule has 5 nitrogen and oxygen atoms in total. The molecule has 0 saturated carbocycles. The van der Waals surface area contributed by atoms with Gasteiger partial charge < -0.3 is 14.5 Å². The molecule has 1 amide bonds. The van der Waals surface area contributed by atoms with Crippen LogP contribution in [0.15, 0.2) is 36.0 Å². The lowest BCUT2D eigenvalue weighted by Gasteiger charge is -2.42. The van der Waals surface area contributed by atoms with Gasteiger partial charge in [-0.25, -0.2) is 4.79 Å². The number of rotatable bonds is 2. The Morgan fingerprint density at radius 2 is 2.04 bits per heavy atom. The van der Waals surface area contributed by atoms with Gasteiger partial charge in [0.25, 0.3) is 0 Å². The zero-order chi connectivity index (χ0) is 18.7. The standard InChI is InChI=1S/C21H27N3O2/c1-21(2,3)26-20(25)24-12-10-19-18(15-24)5-4-11-23(19)14-17-8-6-16(13-22)7-9-17/h6-10,18H,4-5,11-12,14-15H2,1-3H3. The molecule has 0 bridgehead atoms. The first-order chi connectivity index (χ1) is 12.4. The lowest BCUT2D eigenvalue weighted by Crippen LogP contribution is -2.46. The minimum atomic E-state index is -0.463. The molecule has 1 aromatic rings. The molecule has 2 heterocycles. The quantitative estimate of drug-likeness (QED) is 0.809. The lowest BCUT2D eigenvalue weighted by molar-refractivity contribution is 0.0211. The highest BCUT2D eigenvalue weighted by Crippen LogP contribution is 2.32. The number of hydrogen-bond donors (Lipinski definition) is 0. The van der Waals surface area contributed by atoms with E-state index < -0.39 is 5.60 Å². The van der Waals surface area contributed by atoms with Crippen LogP contribution in [0.1, 0.15) is 44.7 Å². The van der Waals surface area contributed by atoms with Crippen LogP contribution in [0.4, 0.5) is 4.79 Å². The summed E-state index contributed by atoms with van der Waals surface area (Å²) in [5.41, 5.74) is 2.78. The van der Waals surface area contributed by atoms with E-state index in [4.69, 9.17) is 10.00 Å². The third kappa shape index (κ3) is 4.37. The number of piperidine rings is 1. The van der Waals surface area contributed by atoms with Crippen molar-refractivity contribution in [2.45, 2.75) is 45.8 Å². The van der Waals surface area contributed by atoms with Gasteiger partial charge in [0.05, 0.1) is 11.6 Å². The second-order valence-corrected chi connectivity index (χ2v) is 8.08. The highest BCUT2D eigenvalue weighted by atomic mass is 16.6. The van der Waals surface area contributed by atoms with Gasteiger partial charge >= 0.3 is 6.09 Å². The van der Waals surface area contributed by atoms with Crippen LogP contribution in [-0.4, -0.2) is 41.1 Å². The molecule has 1 aromatic carbocycles. The molecule has 1 unspecified atom stereocenters. The molecule has 26 heavy (non-hydrogen) atoms. The summed E-state index contributed by atoms with van der Waals surface area (Å²) in [6.07, 6.45) is 4.19. The molecule has 2 aliphatic rings. The molecular formula is C21H27N3O2. The first-order valence-corrected chi connectivity index (χ1v) is 9.28. The number of carbonyl (C=O) groups excluding carboxylic acids is 1. The Labute approximate surface area is 155 Å². The van der Waals surface area contributed by atoms with E-state index >= 15 is 0 Å². The van der Waals surface area contributed by atoms with E-state index in [1.807, 2.05) is 49.9 Å². The number of amides is 1.